The summed E-state index contributed by atoms with van der Waals surface area (Å²) in [6, 6.07) is 0. The summed E-state index contributed by atoms with van der Waals surface area (Å²) in [5.41, 5.74) is 0. The van der Waals surface area contributed by atoms with Crippen LogP contribution in [0.2, 0.25) is 0 Å². The summed E-state index contributed by atoms with van der Waals surface area (Å²) in [5.74, 6) is 0.295. The minimum Gasteiger partial charge on any atom is -0.316 e. The van der Waals surface area contributed by atoms with Crippen LogP contribution in [0, 0.1) is 5.92 Å². The number of rotatable bonds is 1. The molecule has 0 radical (unpaired) electrons. The molecule has 1 rings (SSSR count). The van der Waals surface area contributed by atoms with E-state index < -0.39 is 0 Å². The molecule has 2 nitrogen and oxygen atoms in total. The van der Waals surface area contributed by atoms with Gasteiger partial charge < -0.3 is 10.1 Å². The average molecular weight is 150 g/mol. The van der Waals surface area contributed by atoms with Gasteiger partial charge in [-0.1, -0.05) is 0 Å². The zero-order chi connectivity index (χ0) is 5.82. The van der Waals surface area contributed by atoms with E-state index in [1.165, 1.54) is 0 Å². The molecule has 1 aliphatic rings. The highest BCUT2D eigenvalue weighted by molar-refractivity contribution is 5.85. The fraction of sp³-hybridized carbons (Fsp3) is 0.833. The molecule has 0 saturated carbocycles. The van der Waals surface area contributed by atoms with E-state index in [0.29, 0.717) is 5.92 Å². The van der Waals surface area contributed by atoms with Crippen molar-refractivity contribution in [3.05, 3.63) is 0 Å². The standard InChI is InChI=1S/C6H11NO.ClH/c8-5-6-2-1-3-7-4-6;/h5-7H,1-4H2;1H. The summed E-state index contributed by atoms with van der Waals surface area (Å²) in [6.45, 7) is 1.98. The Hall–Kier alpha value is -0.0800. The summed E-state index contributed by atoms with van der Waals surface area (Å²) in [5, 5.41) is 3.15. The van der Waals surface area contributed by atoms with Crippen molar-refractivity contribution < 1.29 is 4.79 Å². The Bertz CT molecular complexity index is 81.1. The normalized spacial score (nSPS) is 26.4. The van der Waals surface area contributed by atoms with Crippen molar-refractivity contribution >= 4 is 18.7 Å². The Morgan fingerprint density at radius 1 is 1.56 bits per heavy atom. The van der Waals surface area contributed by atoms with E-state index in [0.717, 1.165) is 32.2 Å². The molecule has 3 heteroatoms. The van der Waals surface area contributed by atoms with Crippen molar-refractivity contribution in [2.24, 2.45) is 5.92 Å². The summed E-state index contributed by atoms with van der Waals surface area (Å²) >= 11 is 0. The van der Waals surface area contributed by atoms with Crippen molar-refractivity contribution in [1.82, 2.24) is 5.32 Å². The van der Waals surface area contributed by atoms with E-state index in [1.807, 2.05) is 0 Å². The fourth-order valence-electron chi connectivity index (χ4n) is 0.995. The number of carbonyl (C=O) groups is 1. The predicted octanol–water partition coefficient (Wildman–Crippen LogP) is 0.607. The highest BCUT2D eigenvalue weighted by Crippen LogP contribution is 2.05. The van der Waals surface area contributed by atoms with E-state index in [-0.39, 0.29) is 12.4 Å². The van der Waals surface area contributed by atoms with Crippen LogP contribution in [-0.4, -0.2) is 19.4 Å². The number of hydrogen-bond donors (Lipinski definition) is 1. The van der Waals surface area contributed by atoms with Gasteiger partial charge in [-0.3, -0.25) is 0 Å². The lowest BCUT2D eigenvalue weighted by molar-refractivity contribution is -0.111. The SMILES string of the molecule is Cl.O=CC1CCCNC1. The largest absolute Gasteiger partial charge is 0.316 e. The van der Waals surface area contributed by atoms with Gasteiger partial charge in [0.15, 0.2) is 0 Å². The molecule has 0 amide bonds. The molecular formula is C6H12ClNO. The molecule has 0 aliphatic carbocycles. The van der Waals surface area contributed by atoms with Crippen LogP contribution >= 0.6 is 12.4 Å². The molecular weight excluding hydrogens is 138 g/mol. The van der Waals surface area contributed by atoms with Crippen LogP contribution in [0.25, 0.3) is 0 Å². The van der Waals surface area contributed by atoms with E-state index >= 15 is 0 Å². The Morgan fingerprint density at radius 3 is 2.67 bits per heavy atom. The fourth-order valence-corrected chi connectivity index (χ4v) is 0.995. The summed E-state index contributed by atoms with van der Waals surface area (Å²) in [7, 11) is 0. The Kier molecular flexibility index (Phi) is 4.72. The maximum absolute atomic E-state index is 10.1. The monoisotopic (exact) mass is 149 g/mol. The maximum Gasteiger partial charge on any atom is 0.124 e. The maximum atomic E-state index is 10.1. The first kappa shape index (κ1) is 8.92. The minimum absolute atomic E-state index is 0. The summed E-state index contributed by atoms with van der Waals surface area (Å²) in [4.78, 5) is 10.1. The molecule has 9 heavy (non-hydrogen) atoms. The van der Waals surface area contributed by atoms with Crippen LogP contribution in [0.4, 0.5) is 0 Å². The molecule has 0 bridgehead atoms. The molecule has 0 aromatic carbocycles. The first-order valence-corrected chi connectivity index (χ1v) is 3.09. The van der Waals surface area contributed by atoms with Crippen molar-refractivity contribution in [2.45, 2.75) is 12.8 Å². The van der Waals surface area contributed by atoms with Crippen molar-refractivity contribution in [2.75, 3.05) is 13.1 Å². The van der Waals surface area contributed by atoms with Crippen molar-refractivity contribution in [3.63, 3.8) is 0 Å². The van der Waals surface area contributed by atoms with Gasteiger partial charge in [0.05, 0.1) is 0 Å². The highest BCUT2D eigenvalue weighted by Gasteiger charge is 2.09. The van der Waals surface area contributed by atoms with E-state index in [2.05, 4.69) is 5.32 Å². The van der Waals surface area contributed by atoms with Gasteiger partial charge in [0.25, 0.3) is 0 Å². The van der Waals surface area contributed by atoms with Gasteiger partial charge in [0.2, 0.25) is 0 Å². The van der Waals surface area contributed by atoms with Crippen LogP contribution in [0.3, 0.4) is 0 Å². The van der Waals surface area contributed by atoms with Crippen molar-refractivity contribution in [3.8, 4) is 0 Å². The third-order valence-corrected chi connectivity index (χ3v) is 1.53. The lowest BCUT2D eigenvalue weighted by Gasteiger charge is -2.16. The third kappa shape index (κ3) is 2.82. The Balaban J connectivity index is 0.000000640. The number of aldehydes is 1. The van der Waals surface area contributed by atoms with Gasteiger partial charge in [-0.25, -0.2) is 0 Å². The Morgan fingerprint density at radius 2 is 2.33 bits per heavy atom. The second-order valence-corrected chi connectivity index (χ2v) is 2.24. The topological polar surface area (TPSA) is 29.1 Å². The lowest BCUT2D eigenvalue weighted by Crippen LogP contribution is -2.30. The number of nitrogens with one attached hydrogen (secondary N) is 1. The second-order valence-electron chi connectivity index (χ2n) is 2.24. The molecule has 0 aromatic rings. The summed E-state index contributed by atoms with van der Waals surface area (Å²) in [6.07, 6.45) is 3.28. The first-order valence-electron chi connectivity index (χ1n) is 3.09. The Labute approximate surface area is 61.4 Å². The van der Waals surface area contributed by atoms with Gasteiger partial charge >= 0.3 is 0 Å². The molecule has 1 saturated heterocycles. The first-order chi connectivity index (χ1) is 3.93. The molecule has 1 aliphatic heterocycles. The molecule has 1 fully saturated rings. The number of halogens is 1. The van der Waals surface area contributed by atoms with Crippen LogP contribution < -0.4 is 5.32 Å². The zero-order valence-electron chi connectivity index (χ0n) is 5.30. The molecule has 1 atom stereocenters. The average Bonchev–Trinajstić information content (AvgIpc) is 1.90. The third-order valence-electron chi connectivity index (χ3n) is 1.53. The van der Waals surface area contributed by atoms with E-state index in [9.17, 15) is 4.79 Å². The minimum atomic E-state index is 0. The van der Waals surface area contributed by atoms with E-state index in [1.54, 1.807) is 0 Å². The molecule has 0 aromatic heterocycles. The molecule has 1 heterocycles. The predicted molar refractivity (Wildman–Crippen MR) is 38.9 cm³/mol. The molecule has 0 spiro atoms. The second kappa shape index (κ2) is 4.77. The number of hydrogen-bond acceptors (Lipinski definition) is 2. The smallest absolute Gasteiger partial charge is 0.124 e. The highest BCUT2D eigenvalue weighted by atomic mass is 35.5. The lowest BCUT2D eigenvalue weighted by atomic mass is 10.0. The van der Waals surface area contributed by atoms with Crippen molar-refractivity contribution in [1.29, 1.82) is 0 Å². The quantitative estimate of drug-likeness (QED) is 0.554. The van der Waals surface area contributed by atoms with Gasteiger partial charge in [0, 0.05) is 12.5 Å². The molecule has 1 unspecified atom stereocenters. The van der Waals surface area contributed by atoms with Gasteiger partial charge in [-0.2, -0.15) is 0 Å². The van der Waals surface area contributed by atoms with Crippen LogP contribution in [0.5, 0.6) is 0 Å². The molecule has 1 N–H and O–H groups in total. The van der Waals surface area contributed by atoms with E-state index in [4.69, 9.17) is 0 Å². The van der Waals surface area contributed by atoms with Crippen LogP contribution in [0.15, 0.2) is 0 Å². The van der Waals surface area contributed by atoms with Gasteiger partial charge in [0.1, 0.15) is 6.29 Å². The van der Waals surface area contributed by atoms with Crippen LogP contribution in [-0.2, 0) is 4.79 Å². The zero-order valence-corrected chi connectivity index (χ0v) is 6.12. The van der Waals surface area contributed by atoms with Gasteiger partial charge in [-0.15, -0.1) is 12.4 Å². The number of carbonyl (C=O) groups excluding carboxylic acids is 1. The van der Waals surface area contributed by atoms with Gasteiger partial charge in [-0.05, 0) is 19.4 Å². The molecule has 54 valence electrons. The van der Waals surface area contributed by atoms with Crippen LogP contribution in [0.1, 0.15) is 12.8 Å². The summed E-state index contributed by atoms with van der Waals surface area (Å²) < 4.78 is 0. The number of piperidine rings is 1.